The molecule has 0 fully saturated rings. The molecule has 1 aromatic carbocycles. The van der Waals surface area contributed by atoms with E-state index in [0.717, 1.165) is 22.2 Å². The van der Waals surface area contributed by atoms with Gasteiger partial charge in [0.2, 0.25) is 0 Å². The molecule has 1 N–H and O–H groups in total. The fraction of sp³-hybridized carbons (Fsp3) is 0.167. The quantitative estimate of drug-likeness (QED) is 0.827. The van der Waals surface area contributed by atoms with Crippen molar-refractivity contribution in [1.29, 1.82) is 0 Å². The van der Waals surface area contributed by atoms with E-state index in [2.05, 4.69) is 22.1 Å². The highest BCUT2D eigenvalue weighted by Gasteiger charge is 2.06. The lowest BCUT2D eigenvalue weighted by Gasteiger charge is -2.08. The van der Waals surface area contributed by atoms with Crippen LogP contribution in [-0.2, 0) is 0 Å². The van der Waals surface area contributed by atoms with Crippen LogP contribution in [0.5, 0.6) is 0 Å². The summed E-state index contributed by atoms with van der Waals surface area (Å²) in [5.41, 5.74) is 1.04. The summed E-state index contributed by atoms with van der Waals surface area (Å²) in [5.74, 6) is 0.739. The number of halogens is 1. The first kappa shape index (κ1) is 10.9. The van der Waals surface area contributed by atoms with Gasteiger partial charge >= 0.3 is 0 Å². The molecule has 0 saturated heterocycles. The Kier molecular flexibility index (Phi) is 3.06. The van der Waals surface area contributed by atoms with Gasteiger partial charge in [-0.3, -0.25) is 0 Å². The highest BCUT2D eigenvalue weighted by molar-refractivity contribution is 6.34. The molecule has 0 aliphatic rings. The van der Waals surface area contributed by atoms with Gasteiger partial charge in [0.15, 0.2) is 11.0 Å². The van der Waals surface area contributed by atoms with Crippen LogP contribution in [0.3, 0.4) is 0 Å². The molecular formula is C12H12ClN3. The average molecular weight is 234 g/mol. The monoisotopic (exact) mass is 233 g/mol. The van der Waals surface area contributed by atoms with E-state index in [1.807, 2.05) is 31.2 Å². The van der Waals surface area contributed by atoms with Crippen LogP contribution in [0.4, 0.5) is 5.82 Å². The minimum Gasteiger partial charge on any atom is -0.364 e. The summed E-state index contributed by atoms with van der Waals surface area (Å²) in [6.45, 7) is 6.47. The maximum atomic E-state index is 5.97. The maximum Gasteiger partial charge on any atom is 0.159 e. The van der Waals surface area contributed by atoms with E-state index >= 15 is 0 Å². The third-order valence-corrected chi connectivity index (χ3v) is 2.48. The third kappa shape index (κ3) is 2.14. The van der Waals surface area contributed by atoms with Crippen LogP contribution < -0.4 is 5.32 Å². The number of nitrogens with one attached hydrogen (secondary N) is 1. The summed E-state index contributed by atoms with van der Waals surface area (Å²) >= 11 is 5.97. The minimum absolute atomic E-state index is 0.427. The second kappa shape index (κ2) is 4.49. The molecule has 0 radical (unpaired) electrons. The number of aromatic nitrogens is 2. The SMILES string of the molecule is C=C(C)CNc1nnc(Cl)c2ccccc12. The number of fused-ring (bicyclic) bond motifs is 1. The lowest BCUT2D eigenvalue weighted by molar-refractivity contribution is 1.03. The highest BCUT2D eigenvalue weighted by atomic mass is 35.5. The molecular weight excluding hydrogens is 222 g/mol. The molecule has 0 aliphatic heterocycles. The van der Waals surface area contributed by atoms with Gasteiger partial charge in [0.25, 0.3) is 0 Å². The van der Waals surface area contributed by atoms with Gasteiger partial charge in [0.05, 0.1) is 0 Å². The predicted molar refractivity (Wildman–Crippen MR) is 67.9 cm³/mol. The van der Waals surface area contributed by atoms with E-state index in [4.69, 9.17) is 11.6 Å². The lowest BCUT2D eigenvalue weighted by Crippen LogP contribution is -2.05. The molecule has 3 nitrogen and oxygen atoms in total. The maximum absolute atomic E-state index is 5.97. The molecule has 0 amide bonds. The summed E-state index contributed by atoms with van der Waals surface area (Å²) in [4.78, 5) is 0. The number of benzene rings is 1. The number of hydrogen-bond donors (Lipinski definition) is 1. The van der Waals surface area contributed by atoms with Gasteiger partial charge in [-0.25, -0.2) is 0 Å². The van der Waals surface area contributed by atoms with Crippen LogP contribution in [0.15, 0.2) is 36.4 Å². The molecule has 0 saturated carbocycles. The van der Waals surface area contributed by atoms with Crippen molar-refractivity contribution >= 4 is 28.2 Å². The summed E-state index contributed by atoms with van der Waals surface area (Å²) in [5, 5.41) is 13.4. The predicted octanol–water partition coefficient (Wildman–Crippen LogP) is 3.27. The summed E-state index contributed by atoms with van der Waals surface area (Å²) in [6.07, 6.45) is 0. The van der Waals surface area contributed by atoms with Crippen molar-refractivity contribution in [2.24, 2.45) is 0 Å². The summed E-state index contributed by atoms with van der Waals surface area (Å²) in [7, 11) is 0. The molecule has 2 aromatic rings. The van der Waals surface area contributed by atoms with E-state index in [1.165, 1.54) is 0 Å². The Balaban J connectivity index is 2.46. The Labute approximate surface area is 99.1 Å². The van der Waals surface area contributed by atoms with Crippen molar-refractivity contribution in [3.63, 3.8) is 0 Å². The Bertz CT molecular complexity index is 537. The highest BCUT2D eigenvalue weighted by Crippen LogP contribution is 2.25. The van der Waals surface area contributed by atoms with Gasteiger partial charge in [0, 0.05) is 17.3 Å². The van der Waals surface area contributed by atoms with Gasteiger partial charge in [-0.2, -0.15) is 0 Å². The Morgan fingerprint density at radius 1 is 1.31 bits per heavy atom. The minimum atomic E-state index is 0.427. The number of rotatable bonds is 3. The van der Waals surface area contributed by atoms with Gasteiger partial charge in [-0.15, -0.1) is 10.2 Å². The number of nitrogens with zero attached hydrogens (tertiary/aromatic N) is 2. The van der Waals surface area contributed by atoms with Crippen LogP contribution in [-0.4, -0.2) is 16.7 Å². The van der Waals surface area contributed by atoms with Crippen molar-refractivity contribution < 1.29 is 0 Å². The van der Waals surface area contributed by atoms with Gasteiger partial charge < -0.3 is 5.32 Å². The van der Waals surface area contributed by atoms with Crippen LogP contribution >= 0.6 is 11.6 Å². The Morgan fingerprint density at radius 2 is 2.00 bits per heavy atom. The van der Waals surface area contributed by atoms with Gasteiger partial charge in [0.1, 0.15) is 0 Å². The standard InChI is InChI=1S/C12H12ClN3/c1-8(2)7-14-12-10-6-4-3-5-9(10)11(13)15-16-12/h3-6H,1,7H2,2H3,(H,14,16). The van der Waals surface area contributed by atoms with E-state index in [9.17, 15) is 0 Å². The molecule has 82 valence electrons. The first-order chi connectivity index (χ1) is 7.68. The Morgan fingerprint density at radius 3 is 2.69 bits per heavy atom. The number of anilines is 1. The van der Waals surface area contributed by atoms with E-state index in [1.54, 1.807) is 0 Å². The molecule has 1 aromatic heterocycles. The van der Waals surface area contributed by atoms with Crippen molar-refractivity contribution in [3.8, 4) is 0 Å². The molecule has 0 aliphatic carbocycles. The lowest BCUT2D eigenvalue weighted by atomic mass is 10.2. The fourth-order valence-corrected chi connectivity index (χ4v) is 1.64. The van der Waals surface area contributed by atoms with Gasteiger partial charge in [-0.1, -0.05) is 48.0 Å². The van der Waals surface area contributed by atoms with Crippen molar-refractivity contribution in [3.05, 3.63) is 41.6 Å². The molecule has 0 unspecified atom stereocenters. The summed E-state index contributed by atoms with van der Waals surface area (Å²) in [6, 6.07) is 7.78. The second-order valence-electron chi connectivity index (χ2n) is 3.70. The molecule has 2 rings (SSSR count). The normalized spacial score (nSPS) is 10.4. The van der Waals surface area contributed by atoms with Crippen molar-refractivity contribution in [2.45, 2.75) is 6.92 Å². The van der Waals surface area contributed by atoms with Crippen molar-refractivity contribution in [1.82, 2.24) is 10.2 Å². The van der Waals surface area contributed by atoms with Crippen molar-refractivity contribution in [2.75, 3.05) is 11.9 Å². The van der Waals surface area contributed by atoms with Crippen LogP contribution in [0.1, 0.15) is 6.92 Å². The molecule has 0 bridgehead atoms. The van der Waals surface area contributed by atoms with E-state index in [-0.39, 0.29) is 0 Å². The van der Waals surface area contributed by atoms with Gasteiger partial charge in [-0.05, 0) is 6.92 Å². The van der Waals surface area contributed by atoms with E-state index in [0.29, 0.717) is 11.7 Å². The largest absolute Gasteiger partial charge is 0.364 e. The van der Waals surface area contributed by atoms with E-state index < -0.39 is 0 Å². The second-order valence-corrected chi connectivity index (χ2v) is 4.05. The fourth-order valence-electron chi connectivity index (χ4n) is 1.44. The first-order valence-corrected chi connectivity index (χ1v) is 5.35. The average Bonchev–Trinajstić information content (AvgIpc) is 2.28. The van der Waals surface area contributed by atoms with Crippen LogP contribution in [0.25, 0.3) is 10.8 Å². The first-order valence-electron chi connectivity index (χ1n) is 4.97. The molecule has 0 atom stereocenters. The zero-order valence-corrected chi connectivity index (χ0v) is 9.75. The molecule has 1 heterocycles. The topological polar surface area (TPSA) is 37.8 Å². The summed E-state index contributed by atoms with van der Waals surface area (Å²) < 4.78 is 0. The molecule has 0 spiro atoms. The van der Waals surface area contributed by atoms with Crippen LogP contribution in [0.2, 0.25) is 5.15 Å². The smallest absolute Gasteiger partial charge is 0.159 e. The zero-order chi connectivity index (χ0) is 11.5. The zero-order valence-electron chi connectivity index (χ0n) is 9.00. The molecule has 4 heteroatoms. The van der Waals surface area contributed by atoms with Crippen LogP contribution in [0, 0.1) is 0 Å². The third-order valence-electron chi connectivity index (χ3n) is 2.20. The number of hydrogen-bond acceptors (Lipinski definition) is 3. The Hall–Kier alpha value is -1.61. The molecule has 16 heavy (non-hydrogen) atoms.